The van der Waals surface area contributed by atoms with Crippen LogP contribution in [0.15, 0.2) is 12.7 Å². The first kappa shape index (κ1) is 16.8. The van der Waals surface area contributed by atoms with Gasteiger partial charge >= 0.3 is 12.0 Å². The minimum absolute atomic E-state index is 0.0107. The summed E-state index contributed by atoms with van der Waals surface area (Å²) >= 11 is 1.69. The lowest BCUT2D eigenvalue weighted by Crippen LogP contribution is -2.39. The Labute approximate surface area is 112 Å². The number of thioether (sulfide) groups is 1. The molecule has 0 aliphatic heterocycles. The standard InChI is InChI=1S/C12H22N2O3S/c1-3-6-18-7-5-13-12(17)14-9-10(4-2)8-11(15)16/h3,10H,1,4-9H2,2H3,(H,15,16)(H2,13,14,17). The molecule has 5 nitrogen and oxygen atoms in total. The molecule has 0 aromatic rings. The minimum Gasteiger partial charge on any atom is -0.481 e. The summed E-state index contributed by atoms with van der Waals surface area (Å²) < 4.78 is 0. The van der Waals surface area contributed by atoms with Crippen LogP contribution in [0.5, 0.6) is 0 Å². The quantitative estimate of drug-likeness (QED) is 0.418. The lowest BCUT2D eigenvalue weighted by atomic mass is 10.0. The maximum absolute atomic E-state index is 11.4. The summed E-state index contributed by atoms with van der Waals surface area (Å²) in [5, 5.41) is 14.1. The van der Waals surface area contributed by atoms with Gasteiger partial charge in [0.1, 0.15) is 0 Å². The Morgan fingerprint density at radius 1 is 1.44 bits per heavy atom. The minimum atomic E-state index is -0.829. The molecule has 0 rings (SSSR count). The van der Waals surface area contributed by atoms with Gasteiger partial charge in [-0.1, -0.05) is 19.4 Å². The maximum Gasteiger partial charge on any atom is 0.314 e. The van der Waals surface area contributed by atoms with E-state index in [-0.39, 0.29) is 18.4 Å². The molecule has 18 heavy (non-hydrogen) atoms. The largest absolute Gasteiger partial charge is 0.481 e. The number of rotatable bonds is 10. The molecule has 1 atom stereocenters. The molecule has 0 aliphatic carbocycles. The predicted molar refractivity (Wildman–Crippen MR) is 75.0 cm³/mol. The summed E-state index contributed by atoms with van der Waals surface area (Å²) in [6.07, 6.45) is 2.65. The number of aliphatic carboxylic acids is 1. The molecule has 0 heterocycles. The van der Waals surface area contributed by atoms with Crippen LogP contribution in [0.4, 0.5) is 4.79 Å². The maximum atomic E-state index is 11.4. The molecule has 104 valence electrons. The average molecular weight is 274 g/mol. The molecule has 0 aliphatic rings. The molecule has 0 spiro atoms. The van der Waals surface area contributed by atoms with Crippen molar-refractivity contribution >= 4 is 23.8 Å². The fraction of sp³-hybridized carbons (Fsp3) is 0.667. The molecule has 0 saturated carbocycles. The van der Waals surface area contributed by atoms with E-state index in [0.717, 1.165) is 17.9 Å². The highest BCUT2D eigenvalue weighted by Gasteiger charge is 2.12. The first-order valence-corrected chi connectivity index (χ1v) is 7.17. The van der Waals surface area contributed by atoms with Crippen LogP contribution >= 0.6 is 11.8 Å². The summed E-state index contributed by atoms with van der Waals surface area (Å²) in [5.41, 5.74) is 0. The number of carbonyl (C=O) groups excluding carboxylic acids is 1. The van der Waals surface area contributed by atoms with Crippen LogP contribution in [0.25, 0.3) is 0 Å². The SMILES string of the molecule is C=CCSCCNC(=O)NCC(CC)CC(=O)O. The summed E-state index contributed by atoms with van der Waals surface area (Å²) in [6, 6.07) is -0.238. The molecule has 6 heteroatoms. The summed E-state index contributed by atoms with van der Waals surface area (Å²) in [7, 11) is 0. The van der Waals surface area contributed by atoms with Crippen LogP contribution in [0.2, 0.25) is 0 Å². The van der Waals surface area contributed by atoms with E-state index in [2.05, 4.69) is 17.2 Å². The second kappa shape index (κ2) is 11.0. The molecule has 0 saturated heterocycles. The number of carbonyl (C=O) groups is 2. The van der Waals surface area contributed by atoms with Gasteiger partial charge in [0.2, 0.25) is 0 Å². The van der Waals surface area contributed by atoms with Gasteiger partial charge in [-0.15, -0.1) is 6.58 Å². The fourth-order valence-corrected chi connectivity index (χ4v) is 1.89. The van der Waals surface area contributed by atoms with Gasteiger partial charge in [-0.25, -0.2) is 4.79 Å². The molecule has 0 radical (unpaired) electrons. The van der Waals surface area contributed by atoms with Crippen molar-refractivity contribution in [2.75, 3.05) is 24.6 Å². The zero-order valence-electron chi connectivity index (χ0n) is 10.8. The Hall–Kier alpha value is -1.17. The van der Waals surface area contributed by atoms with E-state index in [0.29, 0.717) is 13.1 Å². The van der Waals surface area contributed by atoms with Gasteiger partial charge in [0.15, 0.2) is 0 Å². The van der Waals surface area contributed by atoms with Crippen molar-refractivity contribution in [3.63, 3.8) is 0 Å². The number of nitrogens with one attached hydrogen (secondary N) is 2. The zero-order chi connectivity index (χ0) is 13.8. The molecular formula is C12H22N2O3S. The highest BCUT2D eigenvalue weighted by Crippen LogP contribution is 2.06. The van der Waals surface area contributed by atoms with Gasteiger partial charge in [0, 0.05) is 31.0 Å². The van der Waals surface area contributed by atoms with Gasteiger partial charge in [0.05, 0.1) is 0 Å². The molecule has 0 fully saturated rings. The Morgan fingerprint density at radius 3 is 2.72 bits per heavy atom. The number of carboxylic acids is 1. The van der Waals surface area contributed by atoms with E-state index < -0.39 is 5.97 Å². The Morgan fingerprint density at radius 2 is 2.17 bits per heavy atom. The molecule has 0 aromatic heterocycles. The van der Waals surface area contributed by atoms with Crippen molar-refractivity contribution in [1.29, 1.82) is 0 Å². The van der Waals surface area contributed by atoms with Crippen molar-refractivity contribution in [3.05, 3.63) is 12.7 Å². The van der Waals surface area contributed by atoms with E-state index in [4.69, 9.17) is 5.11 Å². The molecule has 3 N–H and O–H groups in total. The van der Waals surface area contributed by atoms with Crippen molar-refractivity contribution in [3.8, 4) is 0 Å². The fourth-order valence-electron chi connectivity index (χ4n) is 1.31. The third-order valence-electron chi connectivity index (χ3n) is 2.36. The van der Waals surface area contributed by atoms with Crippen LogP contribution in [0, 0.1) is 5.92 Å². The smallest absolute Gasteiger partial charge is 0.314 e. The second-order valence-corrected chi connectivity index (χ2v) is 5.02. The molecule has 2 amide bonds. The number of carboxylic acid groups (broad SMARTS) is 1. The summed E-state index contributed by atoms with van der Waals surface area (Å²) in [6.45, 7) is 6.52. The Kier molecular flexibility index (Phi) is 10.2. The van der Waals surface area contributed by atoms with Crippen molar-refractivity contribution in [2.24, 2.45) is 5.92 Å². The van der Waals surface area contributed by atoms with Crippen LogP contribution in [-0.4, -0.2) is 41.7 Å². The van der Waals surface area contributed by atoms with Crippen LogP contribution in [0.3, 0.4) is 0 Å². The van der Waals surface area contributed by atoms with Crippen LogP contribution < -0.4 is 10.6 Å². The molecular weight excluding hydrogens is 252 g/mol. The molecule has 0 aromatic carbocycles. The van der Waals surface area contributed by atoms with E-state index in [9.17, 15) is 9.59 Å². The number of hydrogen-bond acceptors (Lipinski definition) is 3. The number of amides is 2. The number of urea groups is 1. The van der Waals surface area contributed by atoms with Crippen LogP contribution in [0.1, 0.15) is 19.8 Å². The van der Waals surface area contributed by atoms with Gasteiger partial charge in [0.25, 0.3) is 0 Å². The normalized spacial score (nSPS) is 11.6. The first-order chi connectivity index (χ1) is 8.60. The number of hydrogen-bond donors (Lipinski definition) is 3. The summed E-state index contributed by atoms with van der Waals surface area (Å²) in [5.74, 6) is 0.874. The van der Waals surface area contributed by atoms with Gasteiger partial charge in [-0.05, 0) is 5.92 Å². The predicted octanol–water partition coefficient (Wildman–Crippen LogP) is 1.71. The van der Waals surface area contributed by atoms with E-state index >= 15 is 0 Å². The molecule has 1 unspecified atom stereocenters. The Bertz CT molecular complexity index is 272. The van der Waals surface area contributed by atoms with Gasteiger partial charge < -0.3 is 15.7 Å². The van der Waals surface area contributed by atoms with E-state index in [1.807, 2.05) is 13.0 Å². The lowest BCUT2D eigenvalue weighted by molar-refractivity contribution is -0.138. The highest BCUT2D eigenvalue weighted by atomic mass is 32.2. The monoisotopic (exact) mass is 274 g/mol. The van der Waals surface area contributed by atoms with Gasteiger partial charge in [-0.3, -0.25) is 4.79 Å². The second-order valence-electron chi connectivity index (χ2n) is 3.87. The van der Waals surface area contributed by atoms with Crippen LogP contribution in [-0.2, 0) is 4.79 Å². The van der Waals surface area contributed by atoms with E-state index in [1.54, 1.807) is 11.8 Å². The highest BCUT2D eigenvalue weighted by molar-refractivity contribution is 7.99. The average Bonchev–Trinajstić information content (AvgIpc) is 2.33. The molecule has 0 bridgehead atoms. The van der Waals surface area contributed by atoms with Crippen molar-refractivity contribution < 1.29 is 14.7 Å². The lowest BCUT2D eigenvalue weighted by Gasteiger charge is -2.13. The summed E-state index contributed by atoms with van der Waals surface area (Å²) in [4.78, 5) is 21.9. The first-order valence-electron chi connectivity index (χ1n) is 6.02. The van der Waals surface area contributed by atoms with Crippen molar-refractivity contribution in [2.45, 2.75) is 19.8 Å². The Balaban J connectivity index is 3.61. The van der Waals surface area contributed by atoms with Gasteiger partial charge in [-0.2, -0.15) is 11.8 Å². The van der Waals surface area contributed by atoms with E-state index in [1.165, 1.54) is 0 Å². The van der Waals surface area contributed by atoms with Crippen molar-refractivity contribution in [1.82, 2.24) is 10.6 Å². The third kappa shape index (κ3) is 10.0. The third-order valence-corrected chi connectivity index (χ3v) is 3.32. The zero-order valence-corrected chi connectivity index (χ0v) is 11.6. The topological polar surface area (TPSA) is 78.4 Å².